The van der Waals surface area contributed by atoms with E-state index >= 15 is 0 Å². The molecule has 0 bridgehead atoms. The van der Waals surface area contributed by atoms with E-state index < -0.39 is 0 Å². The Morgan fingerprint density at radius 2 is 1.88 bits per heavy atom. The molecule has 6 heteroatoms. The quantitative estimate of drug-likeness (QED) is 0.836. The summed E-state index contributed by atoms with van der Waals surface area (Å²) in [7, 11) is 1.60. The first-order chi connectivity index (χ1) is 12.1. The van der Waals surface area contributed by atoms with E-state index in [9.17, 15) is 4.79 Å². The van der Waals surface area contributed by atoms with Crippen LogP contribution >= 0.6 is 0 Å². The second kappa shape index (κ2) is 7.44. The number of aryl methyl sites for hydroxylation is 1. The number of amides is 1. The van der Waals surface area contributed by atoms with E-state index in [0.717, 1.165) is 35.8 Å². The van der Waals surface area contributed by atoms with Crippen LogP contribution in [0, 0.1) is 6.92 Å². The Balaban J connectivity index is 1.82. The standard InChI is InChI=1S/C19H23N3O3/c1-13-11-16(20)18(22-7-9-25-10-8-22)12-17(13)21-19(23)14-3-5-15(24-2)6-4-14/h3-6,11-12H,7-10,20H2,1-2H3,(H,21,23). The van der Waals surface area contributed by atoms with Gasteiger partial charge in [-0.05, 0) is 48.9 Å². The summed E-state index contributed by atoms with van der Waals surface area (Å²) in [6.07, 6.45) is 0. The molecule has 1 fully saturated rings. The number of hydrogen-bond acceptors (Lipinski definition) is 5. The average molecular weight is 341 g/mol. The number of benzene rings is 2. The van der Waals surface area contributed by atoms with Gasteiger partial charge in [0.2, 0.25) is 0 Å². The largest absolute Gasteiger partial charge is 0.497 e. The number of hydrogen-bond donors (Lipinski definition) is 2. The van der Waals surface area contributed by atoms with Gasteiger partial charge < -0.3 is 25.4 Å². The molecule has 0 saturated carbocycles. The van der Waals surface area contributed by atoms with Crippen LogP contribution in [0.1, 0.15) is 15.9 Å². The summed E-state index contributed by atoms with van der Waals surface area (Å²) >= 11 is 0. The van der Waals surface area contributed by atoms with Crippen molar-refractivity contribution < 1.29 is 14.3 Å². The van der Waals surface area contributed by atoms with Gasteiger partial charge in [0, 0.05) is 24.3 Å². The van der Waals surface area contributed by atoms with E-state index in [4.69, 9.17) is 15.2 Å². The number of nitrogen functional groups attached to an aromatic ring is 1. The molecular weight excluding hydrogens is 318 g/mol. The first-order valence-electron chi connectivity index (χ1n) is 8.26. The first kappa shape index (κ1) is 17.1. The fourth-order valence-electron chi connectivity index (χ4n) is 2.87. The third kappa shape index (κ3) is 3.85. The van der Waals surface area contributed by atoms with Crippen LogP contribution in [0.4, 0.5) is 17.1 Å². The number of rotatable bonds is 4. The lowest BCUT2D eigenvalue weighted by atomic mass is 10.1. The van der Waals surface area contributed by atoms with Gasteiger partial charge in [0.15, 0.2) is 0 Å². The lowest BCUT2D eigenvalue weighted by molar-refractivity contribution is 0.102. The van der Waals surface area contributed by atoms with Crippen molar-refractivity contribution in [3.63, 3.8) is 0 Å². The zero-order valence-electron chi connectivity index (χ0n) is 14.5. The van der Waals surface area contributed by atoms with Crippen LogP contribution in [-0.2, 0) is 4.74 Å². The van der Waals surface area contributed by atoms with Crippen LogP contribution in [0.2, 0.25) is 0 Å². The molecule has 1 amide bonds. The predicted molar refractivity (Wildman–Crippen MR) is 99.6 cm³/mol. The van der Waals surface area contributed by atoms with Crippen molar-refractivity contribution in [3.05, 3.63) is 47.5 Å². The first-order valence-corrected chi connectivity index (χ1v) is 8.26. The van der Waals surface area contributed by atoms with Gasteiger partial charge in [0.1, 0.15) is 5.75 Å². The fraction of sp³-hybridized carbons (Fsp3) is 0.316. The highest BCUT2D eigenvalue weighted by Gasteiger charge is 2.17. The van der Waals surface area contributed by atoms with Crippen molar-refractivity contribution in [3.8, 4) is 5.75 Å². The van der Waals surface area contributed by atoms with Crippen molar-refractivity contribution in [2.24, 2.45) is 0 Å². The number of ether oxygens (including phenoxy) is 2. The Hall–Kier alpha value is -2.73. The monoisotopic (exact) mass is 341 g/mol. The van der Waals surface area contributed by atoms with Gasteiger partial charge in [-0.15, -0.1) is 0 Å². The number of anilines is 3. The Morgan fingerprint density at radius 1 is 1.20 bits per heavy atom. The van der Waals surface area contributed by atoms with Gasteiger partial charge in [0.05, 0.1) is 31.7 Å². The van der Waals surface area contributed by atoms with E-state index in [0.29, 0.717) is 24.5 Å². The predicted octanol–water partition coefficient (Wildman–Crippen LogP) is 2.67. The molecule has 0 unspecified atom stereocenters. The molecule has 1 saturated heterocycles. The molecule has 1 aliphatic rings. The van der Waals surface area contributed by atoms with Crippen molar-refractivity contribution in [1.82, 2.24) is 0 Å². The third-order valence-electron chi connectivity index (χ3n) is 4.33. The number of carbonyl (C=O) groups excluding carboxylic acids is 1. The van der Waals surface area contributed by atoms with Crippen molar-refractivity contribution in [2.75, 3.05) is 49.4 Å². The van der Waals surface area contributed by atoms with Crippen molar-refractivity contribution >= 4 is 23.0 Å². The lowest BCUT2D eigenvalue weighted by Gasteiger charge is -2.30. The Morgan fingerprint density at radius 3 is 2.52 bits per heavy atom. The van der Waals surface area contributed by atoms with Gasteiger partial charge in [0.25, 0.3) is 5.91 Å². The molecule has 0 aromatic heterocycles. The van der Waals surface area contributed by atoms with Crippen molar-refractivity contribution in [1.29, 1.82) is 0 Å². The summed E-state index contributed by atoms with van der Waals surface area (Å²) in [5.74, 6) is 0.554. The zero-order chi connectivity index (χ0) is 17.8. The highest BCUT2D eigenvalue weighted by atomic mass is 16.5. The van der Waals surface area contributed by atoms with E-state index in [-0.39, 0.29) is 5.91 Å². The van der Waals surface area contributed by atoms with Crippen LogP contribution in [0.5, 0.6) is 5.75 Å². The third-order valence-corrected chi connectivity index (χ3v) is 4.33. The summed E-state index contributed by atoms with van der Waals surface area (Å²) in [6.45, 7) is 4.88. The molecule has 1 heterocycles. The van der Waals surface area contributed by atoms with Crippen LogP contribution in [0.3, 0.4) is 0 Å². The molecule has 0 radical (unpaired) electrons. The minimum atomic E-state index is -0.163. The number of nitrogens with zero attached hydrogens (tertiary/aromatic N) is 1. The number of methoxy groups -OCH3 is 1. The smallest absolute Gasteiger partial charge is 0.255 e. The SMILES string of the molecule is COc1ccc(C(=O)Nc2cc(N3CCOCC3)c(N)cc2C)cc1. The Labute approximate surface area is 147 Å². The molecule has 2 aromatic carbocycles. The summed E-state index contributed by atoms with van der Waals surface area (Å²) in [5, 5.41) is 2.98. The van der Waals surface area contributed by atoms with Crippen molar-refractivity contribution in [2.45, 2.75) is 6.92 Å². The van der Waals surface area contributed by atoms with Gasteiger partial charge in [-0.25, -0.2) is 0 Å². The maximum absolute atomic E-state index is 12.5. The molecule has 6 nitrogen and oxygen atoms in total. The van der Waals surface area contributed by atoms with Gasteiger partial charge >= 0.3 is 0 Å². The minimum absolute atomic E-state index is 0.163. The average Bonchev–Trinajstić information content (AvgIpc) is 2.64. The number of nitrogens with one attached hydrogen (secondary N) is 1. The fourth-order valence-corrected chi connectivity index (χ4v) is 2.87. The number of carbonyl (C=O) groups is 1. The van der Waals surface area contributed by atoms with Crippen LogP contribution in [0.25, 0.3) is 0 Å². The zero-order valence-corrected chi connectivity index (χ0v) is 14.5. The second-order valence-corrected chi connectivity index (χ2v) is 6.01. The molecular formula is C19H23N3O3. The van der Waals surface area contributed by atoms with E-state index in [1.54, 1.807) is 31.4 Å². The highest BCUT2D eigenvalue weighted by molar-refractivity contribution is 6.05. The molecule has 3 N–H and O–H groups in total. The lowest BCUT2D eigenvalue weighted by Crippen LogP contribution is -2.36. The van der Waals surface area contributed by atoms with Gasteiger partial charge in [-0.3, -0.25) is 4.79 Å². The maximum atomic E-state index is 12.5. The Bertz CT molecular complexity index is 753. The molecule has 0 atom stereocenters. The summed E-state index contributed by atoms with van der Waals surface area (Å²) in [5.41, 5.74) is 10.1. The second-order valence-electron chi connectivity index (χ2n) is 6.01. The molecule has 3 rings (SSSR count). The normalized spacial score (nSPS) is 14.2. The summed E-state index contributed by atoms with van der Waals surface area (Å²) in [4.78, 5) is 14.7. The molecule has 1 aliphatic heterocycles. The van der Waals surface area contributed by atoms with Crippen LogP contribution < -0.4 is 20.7 Å². The van der Waals surface area contributed by atoms with Crippen LogP contribution in [0.15, 0.2) is 36.4 Å². The van der Waals surface area contributed by atoms with Crippen LogP contribution in [-0.4, -0.2) is 39.3 Å². The summed E-state index contributed by atoms with van der Waals surface area (Å²) < 4.78 is 10.5. The molecule has 25 heavy (non-hydrogen) atoms. The topological polar surface area (TPSA) is 76.8 Å². The van der Waals surface area contributed by atoms with Gasteiger partial charge in [-0.1, -0.05) is 0 Å². The van der Waals surface area contributed by atoms with E-state index in [1.807, 2.05) is 19.1 Å². The van der Waals surface area contributed by atoms with E-state index in [1.165, 1.54) is 0 Å². The maximum Gasteiger partial charge on any atom is 0.255 e. The Kier molecular flexibility index (Phi) is 5.09. The van der Waals surface area contributed by atoms with E-state index in [2.05, 4.69) is 10.2 Å². The number of nitrogens with two attached hydrogens (primary N) is 1. The molecule has 132 valence electrons. The number of morpholine rings is 1. The molecule has 2 aromatic rings. The molecule has 0 aliphatic carbocycles. The summed E-state index contributed by atoms with van der Waals surface area (Å²) in [6, 6.07) is 10.9. The van der Waals surface area contributed by atoms with Gasteiger partial charge in [-0.2, -0.15) is 0 Å². The highest BCUT2D eigenvalue weighted by Crippen LogP contribution is 2.31. The minimum Gasteiger partial charge on any atom is -0.497 e. The molecule has 0 spiro atoms.